The first-order valence-electron chi connectivity index (χ1n) is 22.0. The number of halogens is 9. The summed E-state index contributed by atoms with van der Waals surface area (Å²) >= 11 is 13.9. The molecule has 2 aliphatic carbocycles. The third-order valence-corrected chi connectivity index (χ3v) is 14.5. The SMILES string of the molecule is CC1(C)Nc2cc(F)c(Br)c(F)c2-n2c(CC3CC3)nnc21.CC1(C)Nc2cc(F)c(Br)c(F)c2CC1=O.CC1(C)Nc2cc(F)c(Br)c(F)c2CC1=S.CCCCO.NCC(=O)CC1CC1. The quantitative estimate of drug-likeness (QED) is 0.0688. The van der Waals surface area contributed by atoms with Gasteiger partial charge in [-0.2, -0.15) is 0 Å². The van der Waals surface area contributed by atoms with Gasteiger partial charge >= 0.3 is 0 Å². The normalized spacial score (nSPS) is 17.5. The van der Waals surface area contributed by atoms with Crippen LogP contribution in [-0.4, -0.2) is 60.5 Å². The van der Waals surface area contributed by atoms with Gasteiger partial charge in [0, 0.05) is 65.7 Å². The summed E-state index contributed by atoms with van der Waals surface area (Å²) in [5.41, 5.74) is 5.57. The van der Waals surface area contributed by atoms with Crippen molar-refractivity contribution in [2.24, 2.45) is 17.6 Å². The number of carbonyl (C=O) groups is 2. The molecule has 0 bridgehead atoms. The Morgan fingerprint density at radius 2 is 1.24 bits per heavy atom. The number of hydrogen-bond donors (Lipinski definition) is 5. The van der Waals surface area contributed by atoms with Crippen LogP contribution in [0.2, 0.25) is 0 Å². The van der Waals surface area contributed by atoms with Crippen LogP contribution in [0.3, 0.4) is 0 Å². The number of fused-ring (bicyclic) bond motifs is 5. The molecule has 67 heavy (non-hydrogen) atoms. The van der Waals surface area contributed by atoms with Crippen molar-refractivity contribution in [3.8, 4) is 5.69 Å². The number of benzene rings is 3. The Morgan fingerprint density at radius 1 is 0.761 bits per heavy atom. The molecule has 9 rings (SSSR count). The third kappa shape index (κ3) is 13.1. The Kier molecular flexibility index (Phi) is 18.0. The minimum Gasteiger partial charge on any atom is -0.396 e. The van der Waals surface area contributed by atoms with E-state index in [9.17, 15) is 35.9 Å². The van der Waals surface area contributed by atoms with Crippen molar-refractivity contribution in [2.75, 3.05) is 29.1 Å². The van der Waals surface area contributed by atoms with Gasteiger partial charge in [0.2, 0.25) is 0 Å². The van der Waals surface area contributed by atoms with E-state index in [0.29, 0.717) is 59.0 Å². The molecule has 4 heterocycles. The molecule has 5 aliphatic rings. The molecular formula is C47H56Br3F6N7O3S. The fraction of sp³-hybridized carbons (Fsp3) is 0.511. The molecule has 366 valence electrons. The minimum atomic E-state index is -0.778. The molecule has 0 unspecified atom stereocenters. The highest BCUT2D eigenvalue weighted by atomic mass is 79.9. The van der Waals surface area contributed by atoms with E-state index in [0.717, 1.165) is 36.4 Å². The number of hydrogen-bond acceptors (Lipinski definition) is 10. The number of ketones is 2. The molecule has 1 aromatic heterocycles. The maximum atomic E-state index is 14.7. The lowest BCUT2D eigenvalue weighted by Crippen LogP contribution is -2.45. The van der Waals surface area contributed by atoms with Gasteiger partial charge in [-0.25, -0.2) is 26.3 Å². The van der Waals surface area contributed by atoms with E-state index in [1.165, 1.54) is 43.9 Å². The highest BCUT2D eigenvalue weighted by Gasteiger charge is 2.39. The number of nitrogens with zero attached hydrogens (tertiary/aromatic N) is 3. The van der Waals surface area contributed by atoms with E-state index < -0.39 is 51.5 Å². The highest BCUT2D eigenvalue weighted by Crippen LogP contribution is 2.43. The summed E-state index contributed by atoms with van der Waals surface area (Å²) in [7, 11) is 0. The molecule has 0 saturated heterocycles. The molecule has 0 atom stereocenters. The van der Waals surface area contributed by atoms with Crippen LogP contribution in [0.4, 0.5) is 43.4 Å². The topological polar surface area (TPSA) is 147 Å². The van der Waals surface area contributed by atoms with E-state index >= 15 is 0 Å². The van der Waals surface area contributed by atoms with Crippen LogP contribution < -0.4 is 21.7 Å². The Labute approximate surface area is 417 Å². The molecule has 20 heteroatoms. The van der Waals surface area contributed by atoms with Gasteiger partial charge in [0.15, 0.2) is 17.4 Å². The highest BCUT2D eigenvalue weighted by molar-refractivity contribution is 9.11. The van der Waals surface area contributed by atoms with Crippen LogP contribution in [-0.2, 0) is 34.4 Å². The van der Waals surface area contributed by atoms with Crippen LogP contribution in [0.5, 0.6) is 0 Å². The lowest BCUT2D eigenvalue weighted by molar-refractivity contribution is -0.122. The largest absolute Gasteiger partial charge is 0.396 e. The van der Waals surface area contributed by atoms with Gasteiger partial charge in [-0.05, 0) is 145 Å². The number of Topliss-reactive ketones (excluding diaryl/α,β-unsaturated/α-hetero) is 2. The molecule has 3 aromatic carbocycles. The number of anilines is 3. The Hall–Kier alpha value is -3.43. The molecule has 2 saturated carbocycles. The predicted molar refractivity (Wildman–Crippen MR) is 264 cm³/mol. The zero-order valence-electron chi connectivity index (χ0n) is 38.4. The average molecular weight is 1150 g/mol. The number of unbranched alkanes of at least 4 members (excludes halogenated alkanes) is 1. The summed E-state index contributed by atoms with van der Waals surface area (Å²) in [4.78, 5) is 22.9. The number of thiocarbonyl (C=S) groups is 1. The van der Waals surface area contributed by atoms with Crippen molar-refractivity contribution in [1.82, 2.24) is 14.8 Å². The molecule has 0 radical (unpaired) electrons. The number of aliphatic hydroxyl groups excluding tert-OH is 1. The molecule has 10 nitrogen and oxygen atoms in total. The van der Waals surface area contributed by atoms with E-state index in [2.05, 4.69) is 80.9 Å². The minimum absolute atomic E-state index is 0.0138. The van der Waals surface area contributed by atoms with E-state index in [1.807, 2.05) is 27.7 Å². The second-order valence-electron chi connectivity index (χ2n) is 18.7. The van der Waals surface area contributed by atoms with Crippen LogP contribution in [0.15, 0.2) is 31.6 Å². The van der Waals surface area contributed by atoms with Gasteiger partial charge < -0.3 is 26.8 Å². The van der Waals surface area contributed by atoms with Crippen molar-refractivity contribution in [1.29, 1.82) is 0 Å². The number of nitrogens with one attached hydrogen (secondary N) is 3. The lowest BCUT2D eigenvalue weighted by Gasteiger charge is -2.35. The Balaban J connectivity index is 0.000000168. The first kappa shape index (κ1) is 54.5. The lowest BCUT2D eigenvalue weighted by atomic mass is 9.88. The Bertz CT molecular complexity index is 2440. The fourth-order valence-electron chi connectivity index (χ4n) is 7.26. The first-order chi connectivity index (χ1) is 31.3. The van der Waals surface area contributed by atoms with Crippen LogP contribution >= 0.6 is 60.0 Å². The molecule has 3 aliphatic heterocycles. The van der Waals surface area contributed by atoms with Gasteiger partial charge in [0.25, 0.3) is 0 Å². The van der Waals surface area contributed by atoms with Gasteiger partial charge in [-0.1, -0.05) is 25.6 Å². The smallest absolute Gasteiger partial charge is 0.166 e. The zero-order valence-corrected chi connectivity index (χ0v) is 43.9. The van der Waals surface area contributed by atoms with Crippen LogP contribution in [0.1, 0.15) is 116 Å². The van der Waals surface area contributed by atoms with Gasteiger partial charge in [0.1, 0.15) is 46.4 Å². The third-order valence-electron chi connectivity index (χ3n) is 11.7. The summed E-state index contributed by atoms with van der Waals surface area (Å²) in [5, 5.41) is 25.6. The fourth-order valence-corrected chi connectivity index (χ4v) is 8.46. The summed E-state index contributed by atoms with van der Waals surface area (Å²) in [6, 6.07) is 3.82. The summed E-state index contributed by atoms with van der Waals surface area (Å²) in [6.07, 6.45) is 8.72. The molecule has 2 fully saturated rings. The average Bonchev–Trinajstić information content (AvgIpc) is 4.20. The molecular weight excluding hydrogens is 1100 g/mol. The number of aliphatic hydroxyl groups is 1. The second-order valence-corrected chi connectivity index (χ2v) is 21.6. The van der Waals surface area contributed by atoms with Gasteiger partial charge in [-0.15, -0.1) is 10.2 Å². The number of rotatable bonds is 7. The van der Waals surface area contributed by atoms with E-state index in [-0.39, 0.29) is 43.5 Å². The van der Waals surface area contributed by atoms with E-state index in [4.69, 9.17) is 23.1 Å². The maximum Gasteiger partial charge on any atom is 0.166 e. The van der Waals surface area contributed by atoms with Crippen LogP contribution in [0, 0.1) is 46.7 Å². The monoisotopic (exact) mass is 1150 g/mol. The zero-order chi connectivity index (χ0) is 49.9. The van der Waals surface area contributed by atoms with Crippen molar-refractivity contribution in [2.45, 2.75) is 129 Å². The summed E-state index contributed by atoms with van der Waals surface area (Å²) in [6.45, 7) is 13.7. The van der Waals surface area contributed by atoms with Crippen molar-refractivity contribution in [3.63, 3.8) is 0 Å². The van der Waals surface area contributed by atoms with Crippen molar-refractivity contribution < 1.29 is 41.0 Å². The first-order valence-corrected chi connectivity index (χ1v) is 24.8. The Morgan fingerprint density at radius 3 is 1.72 bits per heavy atom. The molecule has 4 aromatic rings. The molecule has 0 spiro atoms. The maximum absolute atomic E-state index is 14.7. The summed E-state index contributed by atoms with van der Waals surface area (Å²) < 4.78 is 83.9. The summed E-state index contributed by atoms with van der Waals surface area (Å²) in [5.74, 6) is -1.01. The number of nitrogens with two attached hydrogens (primary N) is 1. The number of carbonyl (C=O) groups excluding carboxylic acids is 2. The second kappa shape index (κ2) is 22.1. The van der Waals surface area contributed by atoms with E-state index in [1.54, 1.807) is 18.4 Å². The van der Waals surface area contributed by atoms with Gasteiger partial charge in [-0.3, -0.25) is 14.2 Å². The number of aromatic nitrogens is 3. The van der Waals surface area contributed by atoms with Crippen molar-refractivity contribution in [3.05, 3.63) is 89.3 Å². The predicted octanol–water partition coefficient (Wildman–Crippen LogP) is 11.9. The standard InChI is InChI=1S/C15H15BrF2N4.C11H10BrF2NO.C11H10BrF2NS.C6H11NO.C4H10O/c1-15(2)14-21-20-10(5-7-3-4-7)22(14)13-9(19-15)6-8(17)11(16)12(13)18;2*1-11(2)8(16)3-5-7(15-11)4-6(13)9(12)10(5)14;7-4-6(8)3-5-1-2-5;1-2-3-4-5/h6-7,19H,3-5H2,1-2H3;2*4,15H,3H2,1-2H3;5H,1-4,7H2;5H,2-4H2,1H3. The van der Waals surface area contributed by atoms with Crippen LogP contribution in [0.25, 0.3) is 5.69 Å². The molecule has 6 N–H and O–H groups in total. The van der Waals surface area contributed by atoms with Crippen molar-refractivity contribution >= 4 is 93.5 Å². The van der Waals surface area contributed by atoms with Gasteiger partial charge in [0.05, 0.1) is 42.3 Å². The molecule has 0 amide bonds.